The Morgan fingerprint density at radius 3 is 2.00 bits per heavy atom. The van der Waals surface area contributed by atoms with Gasteiger partial charge in [0.15, 0.2) is 0 Å². The zero-order chi connectivity index (χ0) is 12.8. The second kappa shape index (κ2) is 10.4. The average molecular weight is 281 g/mol. The summed E-state index contributed by atoms with van der Waals surface area (Å²) in [6.07, 6.45) is -0.832. The third kappa shape index (κ3) is 7.71. The van der Waals surface area contributed by atoms with Crippen LogP contribution in [-0.4, -0.2) is 23.9 Å². The molecule has 0 aliphatic heterocycles. The molecule has 1 aromatic carbocycles. The SMILES string of the molecule is O=C([O-])CC(NC(=O)c1ccccc1)C(=O)[O-].[Na+].[Na+]. The van der Waals surface area contributed by atoms with E-state index in [2.05, 4.69) is 0 Å². The smallest absolute Gasteiger partial charge is 0.550 e. The molecule has 1 atom stereocenters. The van der Waals surface area contributed by atoms with Crippen LogP contribution in [0.1, 0.15) is 16.8 Å². The first kappa shape index (κ1) is 20.9. The van der Waals surface area contributed by atoms with E-state index in [0.717, 1.165) is 0 Å². The number of benzene rings is 1. The number of rotatable bonds is 5. The topological polar surface area (TPSA) is 109 Å². The first-order valence-electron chi connectivity index (χ1n) is 4.77. The first-order valence-corrected chi connectivity index (χ1v) is 4.77. The molecule has 0 heterocycles. The van der Waals surface area contributed by atoms with Crippen LogP contribution in [0.4, 0.5) is 0 Å². The fourth-order valence-corrected chi connectivity index (χ4v) is 1.19. The van der Waals surface area contributed by atoms with Gasteiger partial charge < -0.3 is 25.1 Å². The quantitative estimate of drug-likeness (QED) is 0.539. The molecule has 0 aromatic heterocycles. The zero-order valence-electron chi connectivity index (χ0n) is 10.7. The van der Waals surface area contributed by atoms with Gasteiger partial charge in [-0.15, -0.1) is 0 Å². The molecule has 0 saturated carbocycles. The molecule has 0 aliphatic rings. The molecule has 6 nitrogen and oxygen atoms in total. The van der Waals surface area contributed by atoms with Gasteiger partial charge in [0.25, 0.3) is 5.91 Å². The maximum atomic E-state index is 11.5. The summed E-state index contributed by atoms with van der Waals surface area (Å²) in [6, 6.07) is 6.23. The monoisotopic (exact) mass is 281 g/mol. The van der Waals surface area contributed by atoms with Crippen LogP contribution in [0.2, 0.25) is 0 Å². The summed E-state index contributed by atoms with van der Waals surface area (Å²) < 4.78 is 0. The van der Waals surface area contributed by atoms with Crippen LogP contribution in [0.5, 0.6) is 0 Å². The second-order valence-electron chi connectivity index (χ2n) is 3.29. The molecule has 0 spiro atoms. The molecule has 90 valence electrons. The van der Waals surface area contributed by atoms with E-state index in [-0.39, 0.29) is 64.7 Å². The number of carbonyl (C=O) groups is 3. The maximum absolute atomic E-state index is 11.5. The third-order valence-electron chi connectivity index (χ3n) is 2.00. The normalized spacial score (nSPS) is 10.3. The average Bonchev–Trinajstić information content (AvgIpc) is 2.28. The van der Waals surface area contributed by atoms with Gasteiger partial charge in [0.1, 0.15) is 0 Å². The van der Waals surface area contributed by atoms with Crippen molar-refractivity contribution in [1.82, 2.24) is 5.32 Å². The van der Waals surface area contributed by atoms with Crippen LogP contribution in [0, 0.1) is 0 Å². The number of nitrogens with one attached hydrogen (secondary N) is 1. The van der Waals surface area contributed by atoms with E-state index >= 15 is 0 Å². The van der Waals surface area contributed by atoms with Gasteiger partial charge in [-0.3, -0.25) is 4.79 Å². The van der Waals surface area contributed by atoms with Gasteiger partial charge in [-0.25, -0.2) is 0 Å². The van der Waals surface area contributed by atoms with Crippen molar-refractivity contribution in [2.45, 2.75) is 12.5 Å². The molecule has 0 fully saturated rings. The van der Waals surface area contributed by atoms with Crippen molar-refractivity contribution < 1.29 is 83.7 Å². The van der Waals surface area contributed by atoms with Crippen molar-refractivity contribution >= 4 is 17.8 Å². The summed E-state index contributed by atoms with van der Waals surface area (Å²) in [6.45, 7) is 0. The van der Waals surface area contributed by atoms with Crippen LogP contribution < -0.4 is 74.6 Å². The predicted molar refractivity (Wildman–Crippen MR) is 52.3 cm³/mol. The Morgan fingerprint density at radius 2 is 1.58 bits per heavy atom. The minimum absolute atomic E-state index is 0. The van der Waals surface area contributed by atoms with Gasteiger partial charge in [0, 0.05) is 18.0 Å². The molecule has 0 bridgehead atoms. The van der Waals surface area contributed by atoms with Gasteiger partial charge in [-0.05, 0) is 12.1 Å². The molecule has 0 aliphatic carbocycles. The van der Waals surface area contributed by atoms with Crippen LogP contribution in [-0.2, 0) is 9.59 Å². The molecule has 0 radical (unpaired) electrons. The fraction of sp³-hybridized carbons (Fsp3) is 0.182. The number of hydrogen-bond donors (Lipinski definition) is 1. The van der Waals surface area contributed by atoms with E-state index in [9.17, 15) is 24.6 Å². The largest absolute Gasteiger partial charge is 1.00 e. The van der Waals surface area contributed by atoms with Crippen molar-refractivity contribution in [2.75, 3.05) is 0 Å². The summed E-state index contributed by atoms with van der Waals surface area (Å²) in [5.74, 6) is -3.92. The molecule has 1 aromatic rings. The van der Waals surface area contributed by atoms with Crippen LogP contribution in [0.3, 0.4) is 0 Å². The van der Waals surface area contributed by atoms with Crippen LogP contribution in [0.15, 0.2) is 30.3 Å². The van der Waals surface area contributed by atoms with Crippen molar-refractivity contribution in [2.24, 2.45) is 0 Å². The van der Waals surface area contributed by atoms with Crippen LogP contribution in [0.25, 0.3) is 0 Å². The van der Waals surface area contributed by atoms with E-state index in [1.165, 1.54) is 12.1 Å². The Morgan fingerprint density at radius 1 is 1.05 bits per heavy atom. The number of carboxylic acid groups (broad SMARTS) is 2. The Bertz CT molecular complexity index is 438. The molecule has 1 N–H and O–H groups in total. The van der Waals surface area contributed by atoms with Crippen molar-refractivity contribution in [1.29, 1.82) is 0 Å². The summed E-state index contributed by atoms with van der Waals surface area (Å²) in [5.41, 5.74) is 0.233. The Hall–Kier alpha value is -0.370. The van der Waals surface area contributed by atoms with E-state index < -0.39 is 30.3 Å². The third-order valence-corrected chi connectivity index (χ3v) is 2.00. The number of carbonyl (C=O) groups excluding carboxylic acids is 3. The fourth-order valence-electron chi connectivity index (χ4n) is 1.19. The maximum Gasteiger partial charge on any atom is 1.00 e. The summed E-state index contributed by atoms with van der Waals surface area (Å²) in [5, 5.41) is 22.9. The molecular formula is C11H9NNa2O5. The van der Waals surface area contributed by atoms with Gasteiger partial charge in [-0.1, -0.05) is 18.2 Å². The van der Waals surface area contributed by atoms with Crippen molar-refractivity contribution in [3.8, 4) is 0 Å². The number of carboxylic acids is 2. The number of aliphatic carboxylic acids is 2. The van der Waals surface area contributed by atoms with Gasteiger partial charge >= 0.3 is 59.1 Å². The second-order valence-corrected chi connectivity index (χ2v) is 3.29. The molecule has 1 unspecified atom stereocenters. The molecule has 1 amide bonds. The summed E-state index contributed by atoms with van der Waals surface area (Å²) in [4.78, 5) is 32.4. The molecule has 1 rings (SSSR count). The van der Waals surface area contributed by atoms with E-state index in [1.54, 1.807) is 18.2 Å². The van der Waals surface area contributed by atoms with Gasteiger partial charge in [0.2, 0.25) is 0 Å². The van der Waals surface area contributed by atoms with Crippen LogP contribution >= 0.6 is 0 Å². The number of amides is 1. The van der Waals surface area contributed by atoms with E-state index in [0.29, 0.717) is 0 Å². The molecule has 19 heavy (non-hydrogen) atoms. The molecular weight excluding hydrogens is 272 g/mol. The van der Waals surface area contributed by atoms with Gasteiger partial charge in [-0.2, -0.15) is 0 Å². The molecule has 8 heteroatoms. The summed E-state index contributed by atoms with van der Waals surface area (Å²) >= 11 is 0. The van der Waals surface area contributed by atoms with E-state index in [4.69, 9.17) is 0 Å². The summed E-state index contributed by atoms with van der Waals surface area (Å²) in [7, 11) is 0. The van der Waals surface area contributed by atoms with Crippen molar-refractivity contribution in [3.63, 3.8) is 0 Å². The van der Waals surface area contributed by atoms with Gasteiger partial charge in [0.05, 0.1) is 12.0 Å². The standard InChI is InChI=1S/C11H11NO5.2Na/c13-9(14)6-8(11(16)17)12-10(15)7-4-2-1-3-5-7;;/h1-5,8H,6H2,(H,12,15)(H,13,14)(H,16,17);;/q;2*+1/p-2. The Balaban J connectivity index is 0. The van der Waals surface area contributed by atoms with E-state index in [1.807, 2.05) is 5.32 Å². The molecule has 0 saturated heterocycles. The minimum atomic E-state index is -1.67. The Kier molecular flexibility index (Phi) is 11.5. The minimum Gasteiger partial charge on any atom is -0.550 e. The van der Waals surface area contributed by atoms with Crippen molar-refractivity contribution in [3.05, 3.63) is 35.9 Å². The zero-order valence-corrected chi connectivity index (χ0v) is 14.7. The first-order chi connectivity index (χ1) is 8.00. The number of hydrogen-bond acceptors (Lipinski definition) is 5. The predicted octanol–water partition coefficient (Wildman–Crippen LogP) is -8.32. The Labute approximate surface area is 154 Å².